The van der Waals surface area contributed by atoms with Gasteiger partial charge in [-0.3, -0.25) is 14.7 Å². The molecule has 9 heteroatoms. The van der Waals surface area contributed by atoms with Crippen molar-refractivity contribution in [3.8, 4) is 0 Å². The predicted molar refractivity (Wildman–Crippen MR) is 134 cm³/mol. The number of benzene rings is 1. The molecule has 2 aromatic heterocycles. The monoisotopic (exact) mass is 514 g/mol. The Balaban J connectivity index is 1.45. The van der Waals surface area contributed by atoms with E-state index in [0.29, 0.717) is 33.6 Å². The molecule has 0 aliphatic heterocycles. The summed E-state index contributed by atoms with van der Waals surface area (Å²) in [5, 5.41) is 18.3. The van der Waals surface area contributed by atoms with Crippen molar-refractivity contribution in [1.29, 1.82) is 0 Å². The van der Waals surface area contributed by atoms with Crippen LogP contribution in [0.5, 0.6) is 0 Å². The number of nitrogens with one attached hydrogen (secondary N) is 3. The Labute approximate surface area is 201 Å². The van der Waals surface area contributed by atoms with Crippen molar-refractivity contribution in [2.75, 3.05) is 10.6 Å². The minimum Gasteiger partial charge on any atom is -0.380 e. The molecule has 0 radical (unpaired) electrons. The first-order valence-corrected chi connectivity index (χ1v) is 12.1. The maximum Gasteiger partial charge on any atom is 0.283 e. The lowest BCUT2D eigenvalue weighted by Gasteiger charge is -2.50. The van der Waals surface area contributed by atoms with E-state index in [9.17, 15) is 9.59 Å². The molecule has 0 unspecified atom stereocenters. The normalized spacial score (nSPS) is 24.5. The summed E-state index contributed by atoms with van der Waals surface area (Å²) in [4.78, 5) is 25.4. The molecule has 3 N–H and O–H groups in total. The molecule has 3 aromatic rings. The molecule has 1 aliphatic rings. The van der Waals surface area contributed by atoms with Crippen LogP contribution in [0.25, 0.3) is 10.9 Å². The summed E-state index contributed by atoms with van der Waals surface area (Å²) in [5.41, 5.74) is 2.11. The SMILES string of the molecule is C[C@@H]1[C@@H](C)C(C)(C)[C@@H](C)C[C@H]1Nc1cnn(CC(=O)Nc2ccc3[nH]ncc3c2)c(=O)c1Br. The van der Waals surface area contributed by atoms with E-state index in [1.165, 1.54) is 4.68 Å². The number of aromatic nitrogens is 4. The number of fused-ring (bicyclic) bond motifs is 1. The number of rotatable bonds is 5. The number of halogens is 1. The molecule has 1 aliphatic carbocycles. The maximum absolute atomic E-state index is 12.9. The van der Waals surface area contributed by atoms with Crippen molar-refractivity contribution < 1.29 is 4.79 Å². The zero-order valence-corrected chi connectivity index (χ0v) is 21.2. The summed E-state index contributed by atoms with van der Waals surface area (Å²) in [6, 6.07) is 5.70. The highest BCUT2D eigenvalue weighted by Crippen LogP contribution is 2.48. The lowest BCUT2D eigenvalue weighted by molar-refractivity contribution is -0.117. The Hall–Kier alpha value is -2.68. The summed E-state index contributed by atoms with van der Waals surface area (Å²) >= 11 is 3.43. The van der Waals surface area contributed by atoms with Crippen LogP contribution < -0.4 is 16.2 Å². The summed E-state index contributed by atoms with van der Waals surface area (Å²) in [6.45, 7) is 11.4. The number of anilines is 2. The number of H-pyrrole nitrogens is 1. The van der Waals surface area contributed by atoms with E-state index in [4.69, 9.17) is 0 Å². The van der Waals surface area contributed by atoms with Crippen molar-refractivity contribution in [1.82, 2.24) is 20.0 Å². The van der Waals surface area contributed by atoms with E-state index in [-0.39, 0.29) is 29.5 Å². The molecular weight excluding hydrogens is 484 g/mol. The average Bonchev–Trinajstić information content (AvgIpc) is 3.24. The summed E-state index contributed by atoms with van der Waals surface area (Å²) in [7, 11) is 0. The molecule has 0 bridgehead atoms. The molecule has 1 aromatic carbocycles. The van der Waals surface area contributed by atoms with E-state index in [1.807, 2.05) is 12.1 Å². The second kappa shape index (κ2) is 8.93. The zero-order valence-electron chi connectivity index (χ0n) is 19.6. The summed E-state index contributed by atoms with van der Waals surface area (Å²) in [6.07, 6.45) is 4.34. The van der Waals surface area contributed by atoms with E-state index < -0.39 is 0 Å². The minimum atomic E-state index is -0.342. The van der Waals surface area contributed by atoms with Gasteiger partial charge in [0.25, 0.3) is 5.56 Å². The number of amides is 1. The van der Waals surface area contributed by atoms with Crippen LogP contribution >= 0.6 is 15.9 Å². The minimum absolute atomic E-state index is 0.177. The van der Waals surface area contributed by atoms with Crippen LogP contribution in [0, 0.1) is 23.2 Å². The van der Waals surface area contributed by atoms with Gasteiger partial charge in [0, 0.05) is 17.1 Å². The summed E-state index contributed by atoms with van der Waals surface area (Å²) < 4.78 is 1.56. The van der Waals surface area contributed by atoms with Crippen LogP contribution in [0.3, 0.4) is 0 Å². The summed E-state index contributed by atoms with van der Waals surface area (Å²) in [5.74, 6) is 1.21. The van der Waals surface area contributed by atoms with Gasteiger partial charge >= 0.3 is 0 Å². The van der Waals surface area contributed by atoms with Crippen LogP contribution in [0.4, 0.5) is 11.4 Å². The second-order valence-corrected chi connectivity index (χ2v) is 10.7. The Morgan fingerprint density at radius 1 is 1.27 bits per heavy atom. The first kappa shape index (κ1) is 23.5. The van der Waals surface area contributed by atoms with E-state index >= 15 is 0 Å². The highest BCUT2D eigenvalue weighted by atomic mass is 79.9. The van der Waals surface area contributed by atoms with Crippen molar-refractivity contribution in [2.45, 2.75) is 53.6 Å². The molecule has 1 fully saturated rings. The van der Waals surface area contributed by atoms with Gasteiger partial charge in [-0.15, -0.1) is 0 Å². The Bertz CT molecular complexity index is 1230. The Morgan fingerprint density at radius 3 is 2.79 bits per heavy atom. The van der Waals surface area contributed by atoms with E-state index in [0.717, 1.165) is 17.3 Å². The maximum atomic E-state index is 12.9. The number of hydrogen-bond acceptors (Lipinski definition) is 5. The third-order valence-electron chi connectivity index (χ3n) is 7.82. The molecule has 2 heterocycles. The van der Waals surface area contributed by atoms with Gasteiger partial charge in [-0.1, -0.05) is 34.6 Å². The van der Waals surface area contributed by atoms with Crippen molar-refractivity contribution in [2.24, 2.45) is 23.2 Å². The molecular formula is C24H31BrN6O2. The van der Waals surface area contributed by atoms with Crippen LogP contribution in [-0.2, 0) is 11.3 Å². The Morgan fingerprint density at radius 2 is 2.03 bits per heavy atom. The van der Waals surface area contributed by atoms with Crippen LogP contribution in [0.2, 0.25) is 0 Å². The number of nitrogens with zero attached hydrogens (tertiary/aromatic N) is 3. The lowest BCUT2D eigenvalue weighted by atomic mass is 9.58. The molecule has 1 saturated carbocycles. The number of hydrogen-bond donors (Lipinski definition) is 3. The first-order chi connectivity index (χ1) is 15.6. The quantitative estimate of drug-likeness (QED) is 0.459. The van der Waals surface area contributed by atoms with Gasteiger partial charge in [0.15, 0.2) is 0 Å². The standard InChI is InChI=1S/C24H31BrN6O2/c1-13-8-19(14(2)15(3)24(13,4)5)29-20-11-27-31(23(33)22(20)25)12-21(32)28-17-6-7-18-16(9-17)10-26-30-18/h6-7,9-11,13-15,19,29H,8,12H2,1-5H3,(H,26,30)(H,28,32)/t13-,14+,15+,19+/m0/s1. The van der Waals surface area contributed by atoms with Gasteiger partial charge in [-0.2, -0.15) is 10.2 Å². The van der Waals surface area contributed by atoms with Crippen molar-refractivity contribution in [3.63, 3.8) is 0 Å². The fraction of sp³-hybridized carbons (Fsp3) is 0.500. The third-order valence-corrected chi connectivity index (χ3v) is 8.58. The first-order valence-electron chi connectivity index (χ1n) is 11.3. The van der Waals surface area contributed by atoms with Crippen molar-refractivity contribution >= 4 is 44.1 Å². The highest BCUT2D eigenvalue weighted by Gasteiger charge is 2.43. The predicted octanol–water partition coefficient (Wildman–Crippen LogP) is 4.64. The largest absolute Gasteiger partial charge is 0.380 e. The van der Waals surface area contributed by atoms with Crippen LogP contribution in [0.1, 0.15) is 41.0 Å². The fourth-order valence-electron chi connectivity index (χ4n) is 4.80. The van der Waals surface area contributed by atoms with Crippen molar-refractivity contribution in [3.05, 3.63) is 45.4 Å². The lowest BCUT2D eigenvalue weighted by Crippen LogP contribution is -2.48. The smallest absolute Gasteiger partial charge is 0.283 e. The average molecular weight is 515 g/mol. The van der Waals surface area contributed by atoms with Crippen LogP contribution in [-0.4, -0.2) is 31.9 Å². The van der Waals surface area contributed by atoms with Gasteiger partial charge < -0.3 is 10.6 Å². The molecule has 4 atom stereocenters. The second-order valence-electron chi connectivity index (χ2n) is 9.91. The van der Waals surface area contributed by atoms with Gasteiger partial charge in [-0.05, 0) is 63.7 Å². The number of carbonyl (C=O) groups excluding carboxylic acids is 1. The van der Waals surface area contributed by atoms with Gasteiger partial charge in [-0.25, -0.2) is 4.68 Å². The third kappa shape index (κ3) is 4.55. The van der Waals surface area contributed by atoms with Gasteiger partial charge in [0.2, 0.25) is 5.91 Å². The molecule has 33 heavy (non-hydrogen) atoms. The Kier molecular flexibility index (Phi) is 6.35. The van der Waals surface area contributed by atoms with Gasteiger partial charge in [0.1, 0.15) is 11.0 Å². The zero-order chi connectivity index (χ0) is 23.9. The molecule has 8 nitrogen and oxygen atoms in total. The number of carbonyl (C=O) groups is 1. The highest BCUT2D eigenvalue weighted by molar-refractivity contribution is 9.10. The topological polar surface area (TPSA) is 105 Å². The fourth-order valence-corrected chi connectivity index (χ4v) is 5.22. The molecule has 4 rings (SSSR count). The van der Waals surface area contributed by atoms with Crippen LogP contribution in [0.15, 0.2) is 39.9 Å². The molecule has 0 spiro atoms. The number of aromatic amines is 1. The van der Waals surface area contributed by atoms with E-state index in [2.05, 4.69) is 76.5 Å². The van der Waals surface area contributed by atoms with Gasteiger partial charge in [0.05, 0.1) is 23.6 Å². The molecule has 176 valence electrons. The van der Waals surface area contributed by atoms with E-state index in [1.54, 1.807) is 18.5 Å². The molecule has 1 amide bonds. The molecule has 0 saturated heterocycles.